The van der Waals surface area contributed by atoms with Crippen LogP contribution in [0, 0.1) is 0 Å². The van der Waals surface area contributed by atoms with Crippen molar-refractivity contribution in [2.45, 2.75) is 57.8 Å². The summed E-state index contributed by atoms with van der Waals surface area (Å²) >= 11 is 0. The summed E-state index contributed by atoms with van der Waals surface area (Å²) in [6, 6.07) is 8.98. The van der Waals surface area contributed by atoms with Crippen molar-refractivity contribution in [3.8, 4) is 0 Å². The van der Waals surface area contributed by atoms with Gasteiger partial charge in [-0.2, -0.15) is 0 Å². The molecule has 0 amide bonds. The van der Waals surface area contributed by atoms with Gasteiger partial charge in [-0.15, -0.1) is 0 Å². The van der Waals surface area contributed by atoms with Crippen molar-refractivity contribution >= 4 is 5.57 Å². The molecule has 1 nitrogen and oxygen atoms in total. The van der Waals surface area contributed by atoms with Gasteiger partial charge in [0.2, 0.25) is 0 Å². The first-order valence-electron chi connectivity index (χ1n) is 7.69. The summed E-state index contributed by atoms with van der Waals surface area (Å²) in [7, 11) is 0. The third-order valence-corrected chi connectivity index (χ3v) is 4.34. The summed E-state index contributed by atoms with van der Waals surface area (Å²) in [4.78, 5) is 0. The van der Waals surface area contributed by atoms with Gasteiger partial charge in [-0.25, -0.2) is 0 Å². The molecular formula is C18H26O. The van der Waals surface area contributed by atoms with E-state index in [1.54, 1.807) is 0 Å². The fraction of sp³-hybridized carbons (Fsp3) is 0.556. The SMILES string of the molecule is C/C(=C/CO)c1ccc(C2CCCCCCC2)cc1. The average molecular weight is 258 g/mol. The highest BCUT2D eigenvalue weighted by atomic mass is 16.2. The number of benzene rings is 1. The van der Waals surface area contributed by atoms with Gasteiger partial charge in [0.15, 0.2) is 0 Å². The van der Waals surface area contributed by atoms with Crippen LogP contribution in [0.15, 0.2) is 30.3 Å². The van der Waals surface area contributed by atoms with Crippen molar-refractivity contribution < 1.29 is 5.11 Å². The Balaban J connectivity index is 2.06. The largest absolute Gasteiger partial charge is 0.392 e. The molecule has 0 aromatic heterocycles. The molecule has 0 aliphatic heterocycles. The first-order valence-corrected chi connectivity index (χ1v) is 7.69. The van der Waals surface area contributed by atoms with Crippen LogP contribution < -0.4 is 0 Å². The third-order valence-electron chi connectivity index (χ3n) is 4.34. The summed E-state index contributed by atoms with van der Waals surface area (Å²) < 4.78 is 0. The molecule has 2 rings (SSSR count). The van der Waals surface area contributed by atoms with Gasteiger partial charge in [-0.1, -0.05) is 62.4 Å². The zero-order valence-corrected chi connectivity index (χ0v) is 12.1. The molecule has 1 aromatic rings. The highest BCUT2D eigenvalue weighted by molar-refractivity contribution is 5.63. The fourth-order valence-electron chi connectivity index (χ4n) is 3.06. The average Bonchev–Trinajstić information content (AvgIpc) is 2.39. The summed E-state index contributed by atoms with van der Waals surface area (Å²) in [5, 5.41) is 8.94. The van der Waals surface area contributed by atoms with Crippen molar-refractivity contribution in [2.75, 3.05) is 6.61 Å². The Bertz CT molecular complexity index is 394. The quantitative estimate of drug-likeness (QED) is 0.816. The van der Waals surface area contributed by atoms with Gasteiger partial charge in [0.25, 0.3) is 0 Å². The normalized spacial score (nSPS) is 18.9. The monoisotopic (exact) mass is 258 g/mol. The molecule has 0 spiro atoms. The maximum absolute atomic E-state index is 8.94. The van der Waals surface area contributed by atoms with Crippen molar-refractivity contribution in [1.29, 1.82) is 0 Å². The Morgan fingerprint density at radius 2 is 1.63 bits per heavy atom. The van der Waals surface area contributed by atoms with E-state index in [-0.39, 0.29) is 6.61 Å². The molecule has 0 heterocycles. The molecule has 1 fully saturated rings. The summed E-state index contributed by atoms with van der Waals surface area (Å²) in [5.74, 6) is 0.761. The Morgan fingerprint density at radius 3 is 2.21 bits per heavy atom. The molecule has 1 N–H and O–H groups in total. The second kappa shape index (κ2) is 7.49. The van der Waals surface area contributed by atoms with Crippen LogP contribution in [0.2, 0.25) is 0 Å². The Hall–Kier alpha value is -1.08. The van der Waals surface area contributed by atoms with E-state index in [9.17, 15) is 0 Å². The molecular weight excluding hydrogens is 232 g/mol. The highest BCUT2D eigenvalue weighted by Gasteiger charge is 2.13. The predicted molar refractivity (Wildman–Crippen MR) is 82.2 cm³/mol. The number of aliphatic hydroxyl groups is 1. The first kappa shape index (κ1) is 14.3. The van der Waals surface area contributed by atoms with E-state index in [4.69, 9.17) is 5.11 Å². The number of allylic oxidation sites excluding steroid dienone is 1. The van der Waals surface area contributed by atoms with E-state index in [1.807, 2.05) is 6.08 Å². The van der Waals surface area contributed by atoms with Crippen LogP contribution in [0.25, 0.3) is 5.57 Å². The van der Waals surface area contributed by atoms with E-state index in [2.05, 4.69) is 31.2 Å². The van der Waals surface area contributed by atoms with Gasteiger partial charge in [-0.05, 0) is 42.4 Å². The molecule has 104 valence electrons. The molecule has 0 radical (unpaired) electrons. The van der Waals surface area contributed by atoms with E-state index in [1.165, 1.54) is 56.1 Å². The van der Waals surface area contributed by atoms with Gasteiger partial charge >= 0.3 is 0 Å². The number of aliphatic hydroxyl groups excluding tert-OH is 1. The minimum Gasteiger partial charge on any atom is -0.392 e. The van der Waals surface area contributed by atoms with Crippen LogP contribution in [0.4, 0.5) is 0 Å². The molecule has 0 unspecified atom stereocenters. The van der Waals surface area contributed by atoms with E-state index >= 15 is 0 Å². The molecule has 1 aromatic carbocycles. The topological polar surface area (TPSA) is 20.2 Å². The second-order valence-electron chi connectivity index (χ2n) is 5.73. The summed E-state index contributed by atoms with van der Waals surface area (Å²) in [6.07, 6.45) is 11.6. The van der Waals surface area contributed by atoms with Crippen LogP contribution in [0.1, 0.15) is 68.9 Å². The molecule has 1 saturated carbocycles. The van der Waals surface area contributed by atoms with Crippen LogP contribution in [-0.2, 0) is 0 Å². The van der Waals surface area contributed by atoms with Gasteiger partial charge in [0, 0.05) is 0 Å². The standard InChI is InChI=1S/C18H26O/c1-15(13-14-19)16-9-11-18(12-10-16)17-7-5-3-2-4-6-8-17/h9-13,17,19H,2-8,14H2,1H3/b15-13-. The lowest BCUT2D eigenvalue weighted by Crippen LogP contribution is -2.02. The fourth-order valence-corrected chi connectivity index (χ4v) is 3.06. The van der Waals surface area contributed by atoms with Gasteiger partial charge in [0.05, 0.1) is 6.61 Å². The highest BCUT2D eigenvalue weighted by Crippen LogP contribution is 2.31. The van der Waals surface area contributed by atoms with Crippen molar-refractivity contribution in [2.24, 2.45) is 0 Å². The van der Waals surface area contributed by atoms with Crippen LogP contribution in [0.5, 0.6) is 0 Å². The minimum absolute atomic E-state index is 0.121. The predicted octanol–water partition coefficient (Wildman–Crippen LogP) is 4.91. The van der Waals surface area contributed by atoms with Gasteiger partial charge in [0.1, 0.15) is 0 Å². The molecule has 1 heteroatoms. The van der Waals surface area contributed by atoms with E-state index in [0.29, 0.717) is 0 Å². The van der Waals surface area contributed by atoms with Crippen LogP contribution in [-0.4, -0.2) is 11.7 Å². The lowest BCUT2D eigenvalue weighted by Gasteiger charge is -2.20. The molecule has 0 atom stereocenters. The third kappa shape index (κ3) is 4.21. The van der Waals surface area contributed by atoms with Crippen molar-refractivity contribution in [3.63, 3.8) is 0 Å². The first-order chi connectivity index (χ1) is 9.31. The van der Waals surface area contributed by atoms with Gasteiger partial charge in [-0.3, -0.25) is 0 Å². The number of rotatable bonds is 3. The Kier molecular flexibility index (Phi) is 5.65. The lowest BCUT2D eigenvalue weighted by molar-refractivity contribution is 0.343. The Morgan fingerprint density at radius 1 is 1.05 bits per heavy atom. The van der Waals surface area contributed by atoms with Crippen molar-refractivity contribution in [1.82, 2.24) is 0 Å². The lowest BCUT2D eigenvalue weighted by atomic mass is 9.85. The molecule has 0 bridgehead atoms. The van der Waals surface area contributed by atoms with E-state index in [0.717, 1.165) is 11.5 Å². The van der Waals surface area contributed by atoms with Crippen LogP contribution >= 0.6 is 0 Å². The molecule has 1 aliphatic rings. The zero-order valence-electron chi connectivity index (χ0n) is 12.1. The number of hydrogen-bond acceptors (Lipinski definition) is 1. The van der Waals surface area contributed by atoms with Crippen molar-refractivity contribution in [3.05, 3.63) is 41.5 Å². The maximum atomic E-state index is 8.94. The Labute approximate surface area is 117 Å². The zero-order chi connectivity index (χ0) is 13.5. The molecule has 19 heavy (non-hydrogen) atoms. The van der Waals surface area contributed by atoms with E-state index < -0.39 is 0 Å². The molecule has 0 saturated heterocycles. The molecule has 1 aliphatic carbocycles. The summed E-state index contributed by atoms with van der Waals surface area (Å²) in [5.41, 5.74) is 3.89. The summed E-state index contributed by atoms with van der Waals surface area (Å²) in [6.45, 7) is 2.18. The smallest absolute Gasteiger partial charge is 0.0618 e. The van der Waals surface area contributed by atoms with Crippen LogP contribution in [0.3, 0.4) is 0 Å². The second-order valence-corrected chi connectivity index (χ2v) is 5.73. The minimum atomic E-state index is 0.121. The van der Waals surface area contributed by atoms with Gasteiger partial charge < -0.3 is 5.11 Å². The maximum Gasteiger partial charge on any atom is 0.0618 e. The number of hydrogen-bond donors (Lipinski definition) is 1.